The van der Waals surface area contributed by atoms with Crippen molar-refractivity contribution in [3.05, 3.63) is 35.9 Å². The van der Waals surface area contributed by atoms with E-state index in [1.54, 1.807) is 20.8 Å². The van der Waals surface area contributed by atoms with Gasteiger partial charge in [-0.2, -0.15) is 0 Å². The Bertz CT molecular complexity index is 695. The molecule has 0 saturated carbocycles. The van der Waals surface area contributed by atoms with Crippen molar-refractivity contribution >= 4 is 18.0 Å². The standard InChI is InChI=1S/C23H35NO6/c1-17(2)14-23(15-19(25)26,20(27)30-22(3,4)5)12-9-13-24-21(28)29-16-18-10-7-6-8-11-18/h6-8,10-11,17H,9,12-16H2,1-5H3,(H,24,28)(H,25,26)/t23-/m0/s1. The van der Waals surface area contributed by atoms with E-state index in [1.807, 2.05) is 44.2 Å². The molecule has 1 amide bonds. The summed E-state index contributed by atoms with van der Waals surface area (Å²) in [4.78, 5) is 36.4. The molecular weight excluding hydrogens is 386 g/mol. The van der Waals surface area contributed by atoms with E-state index in [1.165, 1.54) is 0 Å². The lowest BCUT2D eigenvalue weighted by molar-refractivity contribution is -0.173. The molecule has 2 N–H and O–H groups in total. The summed E-state index contributed by atoms with van der Waals surface area (Å²) in [7, 11) is 0. The maximum Gasteiger partial charge on any atom is 0.407 e. The van der Waals surface area contributed by atoms with Gasteiger partial charge in [0.15, 0.2) is 0 Å². The van der Waals surface area contributed by atoms with Crippen molar-refractivity contribution < 1.29 is 29.0 Å². The van der Waals surface area contributed by atoms with E-state index in [9.17, 15) is 19.5 Å². The van der Waals surface area contributed by atoms with Crippen molar-refractivity contribution in [2.24, 2.45) is 11.3 Å². The number of carboxylic acid groups (broad SMARTS) is 1. The van der Waals surface area contributed by atoms with Gasteiger partial charge in [-0.3, -0.25) is 9.59 Å². The summed E-state index contributed by atoms with van der Waals surface area (Å²) in [6.45, 7) is 9.61. The van der Waals surface area contributed by atoms with Crippen LogP contribution in [0.15, 0.2) is 30.3 Å². The molecule has 0 radical (unpaired) electrons. The Labute approximate surface area is 179 Å². The van der Waals surface area contributed by atoms with E-state index in [0.29, 0.717) is 19.3 Å². The van der Waals surface area contributed by atoms with Gasteiger partial charge in [-0.15, -0.1) is 0 Å². The predicted octanol–water partition coefficient (Wildman–Crippen LogP) is 4.54. The van der Waals surface area contributed by atoms with Crippen LogP contribution in [0, 0.1) is 11.3 Å². The minimum absolute atomic E-state index is 0.112. The molecule has 1 aromatic rings. The van der Waals surface area contributed by atoms with Crippen molar-refractivity contribution in [3.63, 3.8) is 0 Å². The van der Waals surface area contributed by atoms with Crippen LogP contribution in [0.1, 0.15) is 65.9 Å². The molecule has 168 valence electrons. The second-order valence-electron chi connectivity index (χ2n) is 9.04. The molecule has 0 heterocycles. The summed E-state index contributed by atoms with van der Waals surface area (Å²) in [6, 6.07) is 9.34. The number of hydrogen-bond acceptors (Lipinski definition) is 5. The third-order valence-electron chi connectivity index (χ3n) is 4.43. The summed E-state index contributed by atoms with van der Waals surface area (Å²) in [5, 5.41) is 12.1. The summed E-state index contributed by atoms with van der Waals surface area (Å²) in [5.41, 5.74) is -0.963. The van der Waals surface area contributed by atoms with E-state index in [0.717, 1.165) is 5.56 Å². The Morgan fingerprint density at radius 3 is 2.27 bits per heavy atom. The molecule has 0 unspecified atom stereocenters. The molecule has 0 aromatic heterocycles. The zero-order valence-electron chi connectivity index (χ0n) is 18.7. The highest BCUT2D eigenvalue weighted by Crippen LogP contribution is 2.38. The monoisotopic (exact) mass is 421 g/mol. The van der Waals surface area contributed by atoms with E-state index in [-0.39, 0.29) is 25.5 Å². The van der Waals surface area contributed by atoms with Crippen LogP contribution in [0.4, 0.5) is 4.79 Å². The predicted molar refractivity (Wildman–Crippen MR) is 114 cm³/mol. The topological polar surface area (TPSA) is 102 Å². The molecule has 0 aliphatic carbocycles. The number of aliphatic carboxylic acids is 1. The SMILES string of the molecule is CC(C)C[C@@](CCCNC(=O)OCc1ccccc1)(CC(=O)O)C(=O)OC(C)(C)C. The first-order valence-electron chi connectivity index (χ1n) is 10.3. The van der Waals surface area contributed by atoms with Crippen LogP contribution in [-0.2, 0) is 25.7 Å². The maximum atomic E-state index is 12.9. The fourth-order valence-corrected chi connectivity index (χ4v) is 3.37. The average Bonchev–Trinajstić information content (AvgIpc) is 2.62. The molecule has 0 fully saturated rings. The quantitative estimate of drug-likeness (QED) is 0.402. The summed E-state index contributed by atoms with van der Waals surface area (Å²) in [5.74, 6) is -1.44. The maximum absolute atomic E-state index is 12.9. The van der Waals surface area contributed by atoms with E-state index in [2.05, 4.69) is 5.32 Å². The summed E-state index contributed by atoms with van der Waals surface area (Å²) >= 11 is 0. The van der Waals surface area contributed by atoms with Crippen molar-refractivity contribution in [2.45, 2.75) is 72.5 Å². The number of esters is 1. The van der Waals surface area contributed by atoms with Crippen molar-refractivity contribution in [1.29, 1.82) is 0 Å². The Morgan fingerprint density at radius 1 is 1.10 bits per heavy atom. The van der Waals surface area contributed by atoms with Crippen LogP contribution >= 0.6 is 0 Å². The second kappa shape index (κ2) is 11.6. The number of alkyl carbamates (subject to hydrolysis) is 1. The Morgan fingerprint density at radius 2 is 1.73 bits per heavy atom. The number of ether oxygens (including phenoxy) is 2. The van der Waals surface area contributed by atoms with Gasteiger partial charge in [-0.1, -0.05) is 44.2 Å². The molecule has 0 saturated heterocycles. The molecule has 1 rings (SSSR count). The number of carboxylic acids is 1. The fraction of sp³-hybridized carbons (Fsp3) is 0.609. The normalized spacial score (nSPS) is 13.4. The lowest BCUT2D eigenvalue weighted by atomic mass is 9.73. The van der Waals surface area contributed by atoms with Crippen LogP contribution in [0.25, 0.3) is 0 Å². The van der Waals surface area contributed by atoms with Crippen molar-refractivity contribution in [1.82, 2.24) is 5.32 Å². The molecule has 0 aliphatic rings. The average molecular weight is 422 g/mol. The molecule has 7 nitrogen and oxygen atoms in total. The first kappa shape index (κ1) is 25.5. The molecular formula is C23H35NO6. The summed E-state index contributed by atoms with van der Waals surface area (Å²) < 4.78 is 10.7. The minimum Gasteiger partial charge on any atom is -0.481 e. The molecule has 7 heteroatoms. The number of carbonyl (C=O) groups is 3. The molecule has 1 atom stereocenters. The number of amides is 1. The number of nitrogens with one attached hydrogen (secondary N) is 1. The van der Waals surface area contributed by atoms with Crippen molar-refractivity contribution in [2.75, 3.05) is 6.54 Å². The Balaban J connectivity index is 2.68. The van der Waals surface area contributed by atoms with Gasteiger partial charge in [0, 0.05) is 6.54 Å². The van der Waals surface area contributed by atoms with Crippen LogP contribution < -0.4 is 5.32 Å². The van der Waals surface area contributed by atoms with Gasteiger partial charge in [-0.05, 0) is 51.5 Å². The third kappa shape index (κ3) is 9.76. The van der Waals surface area contributed by atoms with Gasteiger partial charge in [-0.25, -0.2) is 4.79 Å². The van der Waals surface area contributed by atoms with Gasteiger partial charge in [0.25, 0.3) is 0 Å². The highest BCUT2D eigenvalue weighted by atomic mass is 16.6. The lowest BCUT2D eigenvalue weighted by Gasteiger charge is -2.35. The van der Waals surface area contributed by atoms with Gasteiger partial charge in [0.1, 0.15) is 12.2 Å². The van der Waals surface area contributed by atoms with Gasteiger partial charge in [0.2, 0.25) is 0 Å². The number of carbonyl (C=O) groups excluding carboxylic acids is 2. The Kier molecular flexibility index (Phi) is 9.82. The number of hydrogen-bond donors (Lipinski definition) is 2. The molecule has 30 heavy (non-hydrogen) atoms. The van der Waals surface area contributed by atoms with E-state index in [4.69, 9.17) is 9.47 Å². The lowest BCUT2D eigenvalue weighted by Crippen LogP contribution is -2.41. The zero-order valence-corrected chi connectivity index (χ0v) is 18.7. The second-order valence-corrected chi connectivity index (χ2v) is 9.04. The minimum atomic E-state index is -1.14. The first-order chi connectivity index (χ1) is 13.9. The molecule has 1 aromatic carbocycles. The van der Waals surface area contributed by atoms with E-state index < -0.39 is 29.0 Å². The first-order valence-corrected chi connectivity index (χ1v) is 10.3. The van der Waals surface area contributed by atoms with Crippen LogP contribution in [0.5, 0.6) is 0 Å². The highest BCUT2D eigenvalue weighted by Gasteiger charge is 2.43. The largest absolute Gasteiger partial charge is 0.481 e. The Hall–Kier alpha value is -2.57. The molecule has 0 spiro atoms. The van der Waals surface area contributed by atoms with Gasteiger partial charge < -0.3 is 19.9 Å². The van der Waals surface area contributed by atoms with Crippen LogP contribution in [0.2, 0.25) is 0 Å². The zero-order chi connectivity index (χ0) is 22.8. The van der Waals surface area contributed by atoms with Crippen molar-refractivity contribution in [3.8, 4) is 0 Å². The van der Waals surface area contributed by atoms with Crippen LogP contribution in [0.3, 0.4) is 0 Å². The van der Waals surface area contributed by atoms with Gasteiger partial charge in [0.05, 0.1) is 11.8 Å². The third-order valence-corrected chi connectivity index (χ3v) is 4.43. The molecule has 0 bridgehead atoms. The van der Waals surface area contributed by atoms with Gasteiger partial charge >= 0.3 is 18.0 Å². The number of rotatable bonds is 11. The van der Waals surface area contributed by atoms with Crippen LogP contribution in [-0.4, -0.2) is 35.3 Å². The summed E-state index contributed by atoms with van der Waals surface area (Å²) in [6.07, 6.45) is 0.264. The number of benzene rings is 1. The smallest absolute Gasteiger partial charge is 0.407 e. The fourth-order valence-electron chi connectivity index (χ4n) is 3.37. The highest BCUT2D eigenvalue weighted by molar-refractivity contribution is 5.83. The molecule has 0 aliphatic heterocycles. The van der Waals surface area contributed by atoms with E-state index >= 15 is 0 Å².